The van der Waals surface area contributed by atoms with Gasteiger partial charge in [0, 0.05) is 24.3 Å². The molecule has 1 aromatic heterocycles. The first-order valence-electron chi connectivity index (χ1n) is 8.43. The lowest BCUT2D eigenvalue weighted by Crippen LogP contribution is -2.39. The summed E-state index contributed by atoms with van der Waals surface area (Å²) >= 11 is 0. The lowest BCUT2D eigenvalue weighted by molar-refractivity contribution is -0.116. The van der Waals surface area contributed by atoms with Gasteiger partial charge in [-0.05, 0) is 59.9 Å². The van der Waals surface area contributed by atoms with Gasteiger partial charge in [0.2, 0.25) is 5.91 Å². The van der Waals surface area contributed by atoms with E-state index in [2.05, 4.69) is 27.8 Å². The van der Waals surface area contributed by atoms with E-state index in [9.17, 15) is 9.59 Å². The van der Waals surface area contributed by atoms with E-state index in [0.717, 1.165) is 25.1 Å². The van der Waals surface area contributed by atoms with E-state index in [4.69, 9.17) is 0 Å². The molecule has 0 unspecified atom stereocenters. The molecule has 2 amide bonds. The molecule has 25 heavy (non-hydrogen) atoms. The number of hydrogen-bond donors (Lipinski definition) is 1. The fraction of sp³-hybridized carbons (Fsp3) is 0.471. The van der Waals surface area contributed by atoms with Crippen LogP contribution in [0.5, 0.6) is 0 Å². The van der Waals surface area contributed by atoms with Crippen molar-refractivity contribution in [1.82, 2.24) is 25.1 Å². The Balaban J connectivity index is 1.66. The minimum absolute atomic E-state index is 0.0405. The van der Waals surface area contributed by atoms with Crippen molar-refractivity contribution in [3.05, 3.63) is 35.7 Å². The maximum atomic E-state index is 12.7. The van der Waals surface area contributed by atoms with Gasteiger partial charge in [-0.3, -0.25) is 9.59 Å². The number of piperidine rings is 1. The lowest BCUT2D eigenvalue weighted by Gasteiger charge is -2.31. The van der Waals surface area contributed by atoms with Gasteiger partial charge in [0.05, 0.1) is 0 Å². The number of rotatable bonds is 4. The summed E-state index contributed by atoms with van der Waals surface area (Å²) in [4.78, 5) is 26.6. The number of hydrogen-bond acceptors (Lipinski definition) is 5. The van der Waals surface area contributed by atoms with Crippen LogP contribution in [-0.4, -0.2) is 50.0 Å². The molecule has 1 aliphatic rings. The Hall–Kier alpha value is -2.77. The Labute approximate surface area is 146 Å². The van der Waals surface area contributed by atoms with Crippen molar-refractivity contribution in [3.8, 4) is 0 Å². The van der Waals surface area contributed by atoms with Gasteiger partial charge in [0.1, 0.15) is 12.9 Å². The molecule has 1 aromatic carbocycles. The molecule has 2 aromatic rings. The molecule has 1 N–H and O–H groups in total. The van der Waals surface area contributed by atoms with E-state index < -0.39 is 0 Å². The van der Waals surface area contributed by atoms with Crippen molar-refractivity contribution in [2.45, 2.75) is 33.2 Å². The fourth-order valence-corrected chi connectivity index (χ4v) is 3.08. The summed E-state index contributed by atoms with van der Waals surface area (Å²) in [5.74, 6) is 0.379. The molecule has 0 aliphatic carbocycles. The number of aryl methyl sites for hydroxylation is 1. The molecule has 1 fully saturated rings. The Kier molecular flexibility index (Phi) is 5.06. The van der Waals surface area contributed by atoms with Crippen molar-refractivity contribution in [2.75, 3.05) is 18.4 Å². The van der Waals surface area contributed by atoms with E-state index in [0.29, 0.717) is 17.2 Å². The number of nitrogens with zero attached hydrogens (tertiary/aromatic N) is 5. The van der Waals surface area contributed by atoms with Crippen LogP contribution in [0.3, 0.4) is 0 Å². The Morgan fingerprint density at radius 3 is 2.88 bits per heavy atom. The predicted molar refractivity (Wildman–Crippen MR) is 91.9 cm³/mol. The van der Waals surface area contributed by atoms with Gasteiger partial charge >= 0.3 is 0 Å². The molecule has 1 aliphatic heterocycles. The van der Waals surface area contributed by atoms with Crippen molar-refractivity contribution in [1.29, 1.82) is 0 Å². The van der Waals surface area contributed by atoms with Crippen LogP contribution < -0.4 is 5.32 Å². The molecule has 8 heteroatoms. The fourth-order valence-electron chi connectivity index (χ4n) is 3.08. The first-order chi connectivity index (χ1) is 12.0. The van der Waals surface area contributed by atoms with Gasteiger partial charge in [0.25, 0.3) is 5.91 Å². The summed E-state index contributed by atoms with van der Waals surface area (Å²) in [6, 6.07) is 5.36. The SMILES string of the molecule is Cc1cc(C(=O)N2CCC[C@@H](C)C2)ccc1NC(=O)Cn1cnnn1. The summed E-state index contributed by atoms with van der Waals surface area (Å²) in [6.45, 7) is 5.71. The molecule has 0 spiro atoms. The highest BCUT2D eigenvalue weighted by Crippen LogP contribution is 2.21. The zero-order valence-corrected chi connectivity index (χ0v) is 14.5. The first-order valence-corrected chi connectivity index (χ1v) is 8.43. The maximum absolute atomic E-state index is 12.7. The van der Waals surface area contributed by atoms with Gasteiger partial charge in [-0.1, -0.05) is 6.92 Å². The van der Waals surface area contributed by atoms with E-state index in [-0.39, 0.29) is 18.4 Å². The van der Waals surface area contributed by atoms with E-state index in [1.54, 1.807) is 12.1 Å². The Morgan fingerprint density at radius 1 is 1.36 bits per heavy atom. The number of benzene rings is 1. The smallest absolute Gasteiger partial charge is 0.253 e. The van der Waals surface area contributed by atoms with Crippen LogP contribution in [0.25, 0.3) is 0 Å². The van der Waals surface area contributed by atoms with Gasteiger partial charge in [-0.25, -0.2) is 4.68 Å². The largest absolute Gasteiger partial charge is 0.338 e. The van der Waals surface area contributed by atoms with Crippen molar-refractivity contribution in [2.24, 2.45) is 5.92 Å². The number of aromatic nitrogens is 4. The molecule has 8 nitrogen and oxygen atoms in total. The third kappa shape index (κ3) is 4.20. The van der Waals surface area contributed by atoms with Crippen LogP contribution in [0.4, 0.5) is 5.69 Å². The monoisotopic (exact) mass is 342 g/mol. The molecule has 3 rings (SSSR count). The predicted octanol–water partition coefficient (Wildman–Crippen LogP) is 1.49. The molecular formula is C17H22N6O2. The first kappa shape index (κ1) is 17.1. The minimum Gasteiger partial charge on any atom is -0.338 e. The van der Waals surface area contributed by atoms with E-state index in [1.807, 2.05) is 17.9 Å². The molecule has 132 valence electrons. The third-order valence-electron chi connectivity index (χ3n) is 4.39. The molecule has 2 heterocycles. The Bertz CT molecular complexity index is 759. The standard InChI is InChI=1S/C17H22N6O2/c1-12-4-3-7-22(9-12)17(25)14-5-6-15(13(2)8-14)19-16(24)10-23-11-18-20-21-23/h5-6,8,11-12H,3-4,7,9-10H2,1-2H3,(H,19,24)/t12-/m1/s1. The average molecular weight is 342 g/mol. The minimum atomic E-state index is -0.223. The second kappa shape index (κ2) is 7.42. The van der Waals surface area contributed by atoms with Crippen molar-refractivity contribution in [3.63, 3.8) is 0 Å². The maximum Gasteiger partial charge on any atom is 0.253 e. The highest BCUT2D eigenvalue weighted by molar-refractivity contribution is 5.96. The van der Waals surface area contributed by atoms with Crippen LogP contribution in [0.15, 0.2) is 24.5 Å². The van der Waals surface area contributed by atoms with Gasteiger partial charge in [0.15, 0.2) is 0 Å². The third-order valence-corrected chi connectivity index (χ3v) is 4.39. The van der Waals surface area contributed by atoms with E-state index in [1.165, 1.54) is 17.4 Å². The average Bonchev–Trinajstić information content (AvgIpc) is 3.09. The molecular weight excluding hydrogens is 320 g/mol. The van der Waals surface area contributed by atoms with Crippen LogP contribution in [0.1, 0.15) is 35.7 Å². The summed E-state index contributed by atoms with van der Waals surface area (Å²) in [6.07, 6.45) is 3.61. The van der Waals surface area contributed by atoms with Crippen molar-refractivity contribution >= 4 is 17.5 Å². The van der Waals surface area contributed by atoms with Gasteiger partial charge < -0.3 is 10.2 Å². The van der Waals surface area contributed by atoms with Crippen LogP contribution >= 0.6 is 0 Å². The number of nitrogens with one attached hydrogen (secondary N) is 1. The number of anilines is 1. The molecule has 0 bridgehead atoms. The quantitative estimate of drug-likeness (QED) is 0.909. The molecule has 0 saturated carbocycles. The second-order valence-corrected chi connectivity index (χ2v) is 6.58. The highest BCUT2D eigenvalue weighted by atomic mass is 16.2. The molecule has 0 radical (unpaired) electrons. The van der Waals surface area contributed by atoms with Gasteiger partial charge in [-0.15, -0.1) is 5.10 Å². The topological polar surface area (TPSA) is 93.0 Å². The Morgan fingerprint density at radius 2 is 2.20 bits per heavy atom. The second-order valence-electron chi connectivity index (χ2n) is 6.58. The number of amides is 2. The number of likely N-dealkylation sites (tertiary alicyclic amines) is 1. The normalized spacial score (nSPS) is 17.4. The van der Waals surface area contributed by atoms with Crippen molar-refractivity contribution < 1.29 is 9.59 Å². The lowest BCUT2D eigenvalue weighted by atomic mass is 9.99. The summed E-state index contributed by atoms with van der Waals surface area (Å²) in [5.41, 5.74) is 2.19. The highest BCUT2D eigenvalue weighted by Gasteiger charge is 2.22. The summed E-state index contributed by atoms with van der Waals surface area (Å²) < 4.78 is 1.35. The van der Waals surface area contributed by atoms with E-state index >= 15 is 0 Å². The summed E-state index contributed by atoms with van der Waals surface area (Å²) in [7, 11) is 0. The molecule has 1 saturated heterocycles. The molecule has 1 atom stereocenters. The number of tetrazole rings is 1. The number of carbonyl (C=O) groups excluding carboxylic acids is 2. The van der Waals surface area contributed by atoms with Gasteiger partial charge in [-0.2, -0.15) is 0 Å². The van der Waals surface area contributed by atoms with Crippen LogP contribution in [0.2, 0.25) is 0 Å². The zero-order valence-electron chi connectivity index (χ0n) is 14.5. The number of carbonyl (C=O) groups is 2. The van der Waals surface area contributed by atoms with Crippen LogP contribution in [0, 0.1) is 12.8 Å². The zero-order chi connectivity index (χ0) is 17.8. The van der Waals surface area contributed by atoms with Crippen LogP contribution in [-0.2, 0) is 11.3 Å². The summed E-state index contributed by atoms with van der Waals surface area (Å²) in [5, 5.41) is 13.5.